The number of aryl methyl sites for hydroxylation is 3. The summed E-state index contributed by atoms with van der Waals surface area (Å²) in [7, 11) is 0. The maximum absolute atomic E-state index is 6.01. The van der Waals surface area contributed by atoms with Crippen molar-refractivity contribution < 1.29 is 4.52 Å². The summed E-state index contributed by atoms with van der Waals surface area (Å²) in [5.41, 5.74) is 13.3. The van der Waals surface area contributed by atoms with E-state index < -0.39 is 0 Å². The van der Waals surface area contributed by atoms with Gasteiger partial charge in [-0.05, 0) is 38.5 Å². The van der Waals surface area contributed by atoms with Crippen molar-refractivity contribution in [1.82, 2.24) is 5.16 Å². The Hall–Kier alpha value is -2.55. The van der Waals surface area contributed by atoms with Crippen molar-refractivity contribution in [3.05, 3.63) is 59.2 Å². The standard InChI is InChI=1S/C18H18N2O/c1-11-5-4-6-14(8-11)16-17(20-21-18(16)19)15-9-12(2)7-13(3)10-15/h4-10H,19H2,1-3H3. The summed E-state index contributed by atoms with van der Waals surface area (Å²) in [6.45, 7) is 6.21. The third-order valence-corrected chi connectivity index (χ3v) is 3.52. The number of rotatable bonds is 2. The van der Waals surface area contributed by atoms with Crippen LogP contribution in [0.15, 0.2) is 47.0 Å². The molecule has 0 fully saturated rings. The molecule has 0 bridgehead atoms. The van der Waals surface area contributed by atoms with Crippen LogP contribution < -0.4 is 5.73 Å². The molecule has 21 heavy (non-hydrogen) atoms. The summed E-state index contributed by atoms with van der Waals surface area (Å²) in [6, 6.07) is 14.5. The minimum atomic E-state index is 0.356. The third kappa shape index (κ3) is 2.55. The average molecular weight is 278 g/mol. The Morgan fingerprint density at radius 3 is 2.19 bits per heavy atom. The summed E-state index contributed by atoms with van der Waals surface area (Å²) in [6.07, 6.45) is 0. The normalized spacial score (nSPS) is 10.8. The van der Waals surface area contributed by atoms with Crippen LogP contribution in [0, 0.1) is 20.8 Å². The molecule has 0 amide bonds. The maximum atomic E-state index is 6.01. The first kappa shape index (κ1) is 13.4. The Morgan fingerprint density at radius 1 is 0.857 bits per heavy atom. The maximum Gasteiger partial charge on any atom is 0.230 e. The number of nitrogens with two attached hydrogens (primary N) is 1. The van der Waals surface area contributed by atoms with Crippen LogP contribution in [0.2, 0.25) is 0 Å². The first-order valence-corrected chi connectivity index (χ1v) is 6.95. The lowest BCUT2D eigenvalue weighted by atomic mass is 9.97. The SMILES string of the molecule is Cc1cc(C)cc(-c2noc(N)c2-c2cccc(C)c2)c1. The Labute approximate surface area is 124 Å². The van der Waals surface area contributed by atoms with Gasteiger partial charge >= 0.3 is 0 Å². The van der Waals surface area contributed by atoms with Crippen LogP contribution in [0.1, 0.15) is 16.7 Å². The lowest BCUT2D eigenvalue weighted by Crippen LogP contribution is -1.89. The van der Waals surface area contributed by atoms with Gasteiger partial charge in [-0.25, -0.2) is 0 Å². The Morgan fingerprint density at radius 2 is 1.52 bits per heavy atom. The zero-order valence-corrected chi connectivity index (χ0v) is 12.5. The molecule has 3 heteroatoms. The lowest BCUT2D eigenvalue weighted by molar-refractivity contribution is 0.439. The highest BCUT2D eigenvalue weighted by Crippen LogP contribution is 2.36. The fourth-order valence-corrected chi connectivity index (χ4v) is 2.69. The van der Waals surface area contributed by atoms with Crippen LogP contribution in [0.3, 0.4) is 0 Å². The van der Waals surface area contributed by atoms with E-state index in [4.69, 9.17) is 10.3 Å². The Balaban J connectivity index is 2.21. The second kappa shape index (κ2) is 5.09. The van der Waals surface area contributed by atoms with E-state index >= 15 is 0 Å². The first-order valence-electron chi connectivity index (χ1n) is 6.95. The zero-order chi connectivity index (χ0) is 15.0. The molecule has 0 aliphatic heterocycles. The molecule has 1 aromatic heterocycles. The summed E-state index contributed by atoms with van der Waals surface area (Å²) in [5, 5.41) is 4.17. The van der Waals surface area contributed by atoms with E-state index in [0.29, 0.717) is 5.88 Å². The van der Waals surface area contributed by atoms with Crippen LogP contribution >= 0.6 is 0 Å². The zero-order valence-electron chi connectivity index (χ0n) is 12.5. The second-order valence-electron chi connectivity index (χ2n) is 5.52. The predicted molar refractivity (Wildman–Crippen MR) is 86.0 cm³/mol. The quantitative estimate of drug-likeness (QED) is 0.750. The van der Waals surface area contributed by atoms with E-state index in [1.54, 1.807) is 0 Å². The fraction of sp³-hybridized carbons (Fsp3) is 0.167. The molecule has 0 atom stereocenters. The number of benzene rings is 2. The summed E-state index contributed by atoms with van der Waals surface area (Å²) >= 11 is 0. The number of aromatic nitrogens is 1. The average Bonchev–Trinajstić information content (AvgIpc) is 2.79. The van der Waals surface area contributed by atoms with Gasteiger partial charge < -0.3 is 10.3 Å². The number of nitrogens with zero attached hydrogens (tertiary/aromatic N) is 1. The smallest absolute Gasteiger partial charge is 0.230 e. The van der Waals surface area contributed by atoms with Gasteiger partial charge in [0.1, 0.15) is 5.69 Å². The number of anilines is 1. The van der Waals surface area contributed by atoms with Crippen molar-refractivity contribution >= 4 is 5.88 Å². The molecule has 3 aromatic rings. The van der Waals surface area contributed by atoms with E-state index in [1.165, 1.54) is 16.7 Å². The molecule has 3 rings (SSSR count). The molecule has 2 N–H and O–H groups in total. The largest absolute Gasteiger partial charge is 0.367 e. The van der Waals surface area contributed by atoms with Crippen LogP contribution in [0.5, 0.6) is 0 Å². The van der Waals surface area contributed by atoms with Crippen LogP contribution in [-0.2, 0) is 0 Å². The third-order valence-electron chi connectivity index (χ3n) is 3.52. The summed E-state index contributed by atoms with van der Waals surface area (Å²) < 4.78 is 5.25. The predicted octanol–water partition coefficient (Wildman–Crippen LogP) is 4.52. The van der Waals surface area contributed by atoms with Crippen LogP contribution in [0.4, 0.5) is 5.88 Å². The summed E-state index contributed by atoms with van der Waals surface area (Å²) in [4.78, 5) is 0. The van der Waals surface area contributed by atoms with E-state index in [0.717, 1.165) is 22.4 Å². The van der Waals surface area contributed by atoms with E-state index in [2.05, 4.69) is 56.3 Å². The van der Waals surface area contributed by atoms with Gasteiger partial charge in [-0.15, -0.1) is 0 Å². The van der Waals surface area contributed by atoms with Crippen molar-refractivity contribution in [3.63, 3.8) is 0 Å². The molecule has 2 aromatic carbocycles. The van der Waals surface area contributed by atoms with Gasteiger partial charge in [0.2, 0.25) is 5.88 Å². The van der Waals surface area contributed by atoms with Gasteiger partial charge in [-0.1, -0.05) is 52.2 Å². The molecule has 0 radical (unpaired) electrons. The van der Waals surface area contributed by atoms with E-state index in [-0.39, 0.29) is 0 Å². The number of hydrogen-bond acceptors (Lipinski definition) is 3. The Bertz CT molecular complexity index is 782. The molecule has 0 spiro atoms. The molecular formula is C18H18N2O. The van der Waals surface area contributed by atoms with Crippen molar-refractivity contribution in [2.45, 2.75) is 20.8 Å². The topological polar surface area (TPSA) is 52.0 Å². The fourth-order valence-electron chi connectivity index (χ4n) is 2.69. The minimum Gasteiger partial charge on any atom is -0.367 e. The van der Waals surface area contributed by atoms with Crippen LogP contribution in [0.25, 0.3) is 22.4 Å². The molecule has 0 saturated heterocycles. The molecule has 1 heterocycles. The van der Waals surface area contributed by atoms with Crippen molar-refractivity contribution in [1.29, 1.82) is 0 Å². The van der Waals surface area contributed by atoms with E-state index in [1.807, 2.05) is 12.1 Å². The second-order valence-corrected chi connectivity index (χ2v) is 5.52. The molecule has 106 valence electrons. The number of nitrogen functional groups attached to an aromatic ring is 1. The minimum absolute atomic E-state index is 0.356. The molecular weight excluding hydrogens is 260 g/mol. The van der Waals surface area contributed by atoms with Gasteiger partial charge in [0.25, 0.3) is 0 Å². The molecule has 0 aliphatic carbocycles. The molecule has 3 nitrogen and oxygen atoms in total. The van der Waals surface area contributed by atoms with Crippen molar-refractivity contribution in [3.8, 4) is 22.4 Å². The Kier molecular flexibility index (Phi) is 3.26. The number of hydrogen-bond donors (Lipinski definition) is 1. The highest BCUT2D eigenvalue weighted by Gasteiger charge is 2.17. The van der Waals surface area contributed by atoms with Gasteiger partial charge in [0, 0.05) is 5.56 Å². The van der Waals surface area contributed by atoms with Crippen molar-refractivity contribution in [2.75, 3.05) is 5.73 Å². The monoisotopic (exact) mass is 278 g/mol. The van der Waals surface area contributed by atoms with Gasteiger partial charge in [0.05, 0.1) is 5.56 Å². The molecule has 0 aliphatic rings. The first-order chi connectivity index (χ1) is 10.0. The van der Waals surface area contributed by atoms with Gasteiger partial charge in [0.15, 0.2) is 0 Å². The van der Waals surface area contributed by atoms with Gasteiger partial charge in [-0.2, -0.15) is 0 Å². The lowest BCUT2D eigenvalue weighted by Gasteiger charge is -2.06. The highest BCUT2D eigenvalue weighted by atomic mass is 16.5. The molecule has 0 saturated carbocycles. The van der Waals surface area contributed by atoms with E-state index in [9.17, 15) is 0 Å². The van der Waals surface area contributed by atoms with Crippen molar-refractivity contribution in [2.24, 2.45) is 0 Å². The highest BCUT2D eigenvalue weighted by molar-refractivity contribution is 5.87. The molecule has 0 unspecified atom stereocenters. The summed E-state index contributed by atoms with van der Waals surface area (Å²) in [5.74, 6) is 0.356. The van der Waals surface area contributed by atoms with Crippen LogP contribution in [-0.4, -0.2) is 5.16 Å². The van der Waals surface area contributed by atoms with Gasteiger partial charge in [-0.3, -0.25) is 0 Å².